The van der Waals surface area contributed by atoms with E-state index < -0.39 is 0 Å². The van der Waals surface area contributed by atoms with Gasteiger partial charge in [0.2, 0.25) is 11.8 Å². The molecule has 1 aromatic carbocycles. The molecule has 0 saturated heterocycles. The number of hydrogen-bond donors (Lipinski definition) is 0. The molecule has 0 aliphatic rings. The van der Waals surface area contributed by atoms with Gasteiger partial charge in [0.05, 0.1) is 19.5 Å². The SMILES string of the molecule is COc1cc(OC)cc(-c2nnc(S[C@H](C)C(=O)N(C(C)C)C(C)C)o2)c1. The summed E-state index contributed by atoms with van der Waals surface area (Å²) in [7, 11) is 3.16. The van der Waals surface area contributed by atoms with Crippen LogP contribution in [0.25, 0.3) is 11.5 Å². The van der Waals surface area contributed by atoms with Gasteiger partial charge in [0.25, 0.3) is 5.22 Å². The van der Waals surface area contributed by atoms with Crippen LogP contribution in [0.3, 0.4) is 0 Å². The first kappa shape index (κ1) is 21.1. The Kier molecular flexibility index (Phi) is 7.12. The van der Waals surface area contributed by atoms with Gasteiger partial charge in [0.1, 0.15) is 11.5 Å². The summed E-state index contributed by atoms with van der Waals surface area (Å²) in [6.45, 7) is 9.89. The summed E-state index contributed by atoms with van der Waals surface area (Å²) in [6, 6.07) is 5.60. The number of carbonyl (C=O) groups is 1. The number of rotatable bonds is 8. The van der Waals surface area contributed by atoms with E-state index in [9.17, 15) is 4.79 Å². The number of hydrogen-bond acceptors (Lipinski definition) is 7. The van der Waals surface area contributed by atoms with Crippen LogP contribution in [0.1, 0.15) is 34.6 Å². The van der Waals surface area contributed by atoms with Crippen molar-refractivity contribution in [2.24, 2.45) is 0 Å². The third-order valence-corrected chi connectivity index (χ3v) is 4.92. The van der Waals surface area contributed by atoms with Crippen molar-refractivity contribution in [3.63, 3.8) is 0 Å². The van der Waals surface area contributed by atoms with Crippen LogP contribution in [0.5, 0.6) is 11.5 Å². The molecule has 0 saturated carbocycles. The fourth-order valence-corrected chi connectivity index (χ4v) is 3.56. The summed E-state index contributed by atoms with van der Waals surface area (Å²) in [5, 5.41) is 8.18. The molecule has 0 N–H and O–H groups in total. The van der Waals surface area contributed by atoms with Crippen LogP contribution in [-0.2, 0) is 4.79 Å². The molecule has 2 aromatic rings. The smallest absolute Gasteiger partial charge is 0.277 e. The maximum atomic E-state index is 12.8. The van der Waals surface area contributed by atoms with Gasteiger partial charge in [-0.2, -0.15) is 0 Å². The summed E-state index contributed by atoms with van der Waals surface area (Å²) < 4.78 is 16.3. The molecular formula is C19H27N3O4S. The van der Waals surface area contributed by atoms with Crippen LogP contribution < -0.4 is 9.47 Å². The average Bonchev–Trinajstić information content (AvgIpc) is 3.09. The molecule has 0 unspecified atom stereocenters. The van der Waals surface area contributed by atoms with Crippen molar-refractivity contribution < 1.29 is 18.7 Å². The van der Waals surface area contributed by atoms with E-state index in [4.69, 9.17) is 13.9 Å². The van der Waals surface area contributed by atoms with E-state index in [1.54, 1.807) is 32.4 Å². The third kappa shape index (κ3) is 5.15. The molecule has 0 radical (unpaired) electrons. The molecule has 27 heavy (non-hydrogen) atoms. The molecule has 0 spiro atoms. The number of benzene rings is 1. The minimum atomic E-state index is -0.331. The lowest BCUT2D eigenvalue weighted by molar-refractivity contribution is -0.133. The first-order valence-corrected chi connectivity index (χ1v) is 9.70. The number of aromatic nitrogens is 2. The highest BCUT2D eigenvalue weighted by atomic mass is 32.2. The van der Waals surface area contributed by atoms with Crippen molar-refractivity contribution in [3.05, 3.63) is 18.2 Å². The molecule has 0 fully saturated rings. The van der Waals surface area contributed by atoms with Crippen LogP contribution >= 0.6 is 11.8 Å². The quantitative estimate of drug-likeness (QED) is 0.630. The van der Waals surface area contributed by atoms with E-state index in [1.807, 2.05) is 39.5 Å². The Bertz CT molecular complexity index is 746. The zero-order valence-corrected chi connectivity index (χ0v) is 17.7. The van der Waals surface area contributed by atoms with Crippen molar-refractivity contribution in [1.29, 1.82) is 0 Å². The summed E-state index contributed by atoms with van der Waals surface area (Å²) >= 11 is 1.26. The highest BCUT2D eigenvalue weighted by molar-refractivity contribution is 8.00. The molecule has 7 nitrogen and oxygen atoms in total. The standard InChI is InChI=1S/C19H27N3O4S/c1-11(2)22(12(3)4)18(23)13(5)27-19-21-20-17(26-19)14-8-15(24-6)10-16(9-14)25-7/h8-13H,1-7H3/t13-/m1/s1. The van der Waals surface area contributed by atoms with Crippen molar-refractivity contribution in [2.75, 3.05) is 14.2 Å². The third-order valence-electron chi connectivity index (χ3n) is 4.00. The lowest BCUT2D eigenvalue weighted by atomic mass is 10.2. The van der Waals surface area contributed by atoms with E-state index in [0.717, 1.165) is 0 Å². The van der Waals surface area contributed by atoms with Gasteiger partial charge in [-0.25, -0.2) is 0 Å². The fourth-order valence-electron chi connectivity index (χ4n) is 2.82. The van der Waals surface area contributed by atoms with Gasteiger partial charge < -0.3 is 18.8 Å². The Labute approximate surface area is 164 Å². The van der Waals surface area contributed by atoms with Crippen LogP contribution in [-0.4, -0.2) is 52.6 Å². The second-order valence-corrected chi connectivity index (χ2v) is 7.96. The second-order valence-electron chi connectivity index (χ2n) is 6.67. The minimum absolute atomic E-state index is 0.0489. The summed E-state index contributed by atoms with van der Waals surface area (Å²) in [6.07, 6.45) is 0. The van der Waals surface area contributed by atoms with Crippen molar-refractivity contribution in [3.8, 4) is 23.0 Å². The molecule has 0 aliphatic heterocycles. The molecule has 2 rings (SSSR count). The van der Waals surface area contributed by atoms with Crippen molar-refractivity contribution in [2.45, 2.75) is 57.2 Å². The van der Waals surface area contributed by atoms with Gasteiger partial charge in [-0.05, 0) is 46.8 Å². The molecule has 0 aliphatic carbocycles. The molecule has 1 aromatic heterocycles. The Morgan fingerprint density at radius 1 is 1.00 bits per heavy atom. The Morgan fingerprint density at radius 3 is 2.04 bits per heavy atom. The van der Waals surface area contributed by atoms with E-state index in [-0.39, 0.29) is 23.2 Å². The zero-order chi connectivity index (χ0) is 20.1. The van der Waals surface area contributed by atoms with Gasteiger partial charge in [-0.1, -0.05) is 11.8 Å². The summed E-state index contributed by atoms with van der Waals surface area (Å²) in [5.41, 5.74) is 0.690. The van der Waals surface area contributed by atoms with Gasteiger partial charge in [-0.3, -0.25) is 4.79 Å². The molecule has 8 heteroatoms. The molecule has 148 valence electrons. The number of ether oxygens (including phenoxy) is 2. The van der Waals surface area contributed by atoms with Crippen LogP contribution in [0.4, 0.5) is 0 Å². The predicted molar refractivity (Wildman–Crippen MR) is 105 cm³/mol. The van der Waals surface area contributed by atoms with Gasteiger partial charge >= 0.3 is 0 Å². The minimum Gasteiger partial charge on any atom is -0.497 e. The van der Waals surface area contributed by atoms with E-state index in [2.05, 4.69) is 10.2 Å². The monoisotopic (exact) mass is 393 g/mol. The molecule has 1 heterocycles. The normalized spacial score (nSPS) is 12.3. The first-order chi connectivity index (χ1) is 12.8. The number of thioether (sulfide) groups is 1. The fraction of sp³-hybridized carbons (Fsp3) is 0.526. The Balaban J connectivity index is 2.17. The van der Waals surface area contributed by atoms with Crippen LogP contribution in [0, 0.1) is 0 Å². The topological polar surface area (TPSA) is 77.7 Å². The van der Waals surface area contributed by atoms with Crippen molar-refractivity contribution >= 4 is 17.7 Å². The van der Waals surface area contributed by atoms with Gasteiger partial charge in [0.15, 0.2) is 0 Å². The second kappa shape index (κ2) is 9.12. The highest BCUT2D eigenvalue weighted by Crippen LogP contribution is 2.32. The molecule has 1 amide bonds. The largest absolute Gasteiger partial charge is 0.497 e. The summed E-state index contributed by atoms with van der Waals surface area (Å²) in [5.74, 6) is 1.65. The maximum Gasteiger partial charge on any atom is 0.277 e. The molecule has 0 bridgehead atoms. The first-order valence-electron chi connectivity index (χ1n) is 8.82. The highest BCUT2D eigenvalue weighted by Gasteiger charge is 2.27. The summed E-state index contributed by atoms with van der Waals surface area (Å²) in [4.78, 5) is 14.6. The molecule has 1 atom stereocenters. The molecular weight excluding hydrogens is 366 g/mol. The Morgan fingerprint density at radius 2 is 1.56 bits per heavy atom. The van der Waals surface area contributed by atoms with Gasteiger partial charge in [0, 0.05) is 23.7 Å². The van der Waals surface area contributed by atoms with E-state index in [0.29, 0.717) is 28.2 Å². The maximum absolute atomic E-state index is 12.8. The lowest BCUT2D eigenvalue weighted by Crippen LogP contribution is -2.45. The van der Waals surface area contributed by atoms with E-state index >= 15 is 0 Å². The average molecular weight is 394 g/mol. The van der Waals surface area contributed by atoms with Crippen LogP contribution in [0.2, 0.25) is 0 Å². The number of nitrogens with zero attached hydrogens (tertiary/aromatic N) is 3. The van der Waals surface area contributed by atoms with E-state index in [1.165, 1.54) is 11.8 Å². The number of carbonyl (C=O) groups excluding carboxylic acids is 1. The zero-order valence-electron chi connectivity index (χ0n) is 16.8. The Hall–Kier alpha value is -2.22. The number of methoxy groups -OCH3 is 2. The predicted octanol–water partition coefficient (Wildman–Crippen LogP) is 3.88. The van der Waals surface area contributed by atoms with Gasteiger partial charge in [-0.15, -0.1) is 10.2 Å². The number of amides is 1. The lowest BCUT2D eigenvalue weighted by Gasteiger charge is -2.32. The van der Waals surface area contributed by atoms with Crippen LogP contribution in [0.15, 0.2) is 27.8 Å². The van der Waals surface area contributed by atoms with Crippen molar-refractivity contribution in [1.82, 2.24) is 15.1 Å².